The SMILES string of the molecule is COc1ccc2c(c1Cl)CCc1cc(C(=O)NCCO)sc1-2. The first kappa shape index (κ1) is 15.3. The number of amides is 1. The molecule has 1 amide bonds. The number of aliphatic hydroxyl groups is 1. The zero-order valence-corrected chi connectivity index (χ0v) is 13.7. The first-order valence-corrected chi connectivity index (χ1v) is 8.22. The predicted octanol–water partition coefficient (Wildman–Crippen LogP) is 2.90. The van der Waals surface area contributed by atoms with Crippen molar-refractivity contribution in [3.8, 4) is 16.2 Å². The van der Waals surface area contributed by atoms with E-state index in [0.717, 1.165) is 28.8 Å². The van der Waals surface area contributed by atoms with Gasteiger partial charge in [-0.3, -0.25) is 4.79 Å². The van der Waals surface area contributed by atoms with Gasteiger partial charge in [0, 0.05) is 11.4 Å². The number of aryl methyl sites for hydroxylation is 1. The lowest BCUT2D eigenvalue weighted by Gasteiger charge is -2.18. The summed E-state index contributed by atoms with van der Waals surface area (Å²) in [6.45, 7) is 0.204. The topological polar surface area (TPSA) is 58.6 Å². The number of hydrogen-bond donors (Lipinski definition) is 2. The van der Waals surface area contributed by atoms with E-state index < -0.39 is 0 Å². The van der Waals surface area contributed by atoms with Crippen molar-refractivity contribution in [3.63, 3.8) is 0 Å². The largest absolute Gasteiger partial charge is 0.495 e. The number of aliphatic hydroxyl groups excluding tert-OH is 1. The quantitative estimate of drug-likeness (QED) is 0.902. The van der Waals surface area contributed by atoms with E-state index in [4.69, 9.17) is 21.4 Å². The van der Waals surface area contributed by atoms with E-state index in [9.17, 15) is 4.79 Å². The van der Waals surface area contributed by atoms with E-state index in [1.165, 1.54) is 16.9 Å². The molecule has 1 aliphatic carbocycles. The molecule has 116 valence electrons. The fourth-order valence-corrected chi connectivity index (χ4v) is 4.20. The molecule has 0 unspecified atom stereocenters. The van der Waals surface area contributed by atoms with Crippen LogP contribution < -0.4 is 10.1 Å². The Morgan fingerprint density at radius 2 is 2.27 bits per heavy atom. The number of benzene rings is 1. The maximum Gasteiger partial charge on any atom is 0.261 e. The van der Waals surface area contributed by atoms with Gasteiger partial charge in [0.2, 0.25) is 0 Å². The number of halogens is 1. The molecule has 22 heavy (non-hydrogen) atoms. The van der Waals surface area contributed by atoms with Crippen molar-refractivity contribution in [1.82, 2.24) is 5.32 Å². The van der Waals surface area contributed by atoms with E-state index in [-0.39, 0.29) is 19.1 Å². The Hall–Kier alpha value is -1.56. The second kappa shape index (κ2) is 6.28. The Morgan fingerprint density at radius 1 is 1.45 bits per heavy atom. The second-order valence-corrected chi connectivity index (χ2v) is 6.48. The Balaban J connectivity index is 1.99. The normalized spacial score (nSPS) is 12.5. The van der Waals surface area contributed by atoms with Crippen LogP contribution in [0, 0.1) is 0 Å². The van der Waals surface area contributed by atoms with Gasteiger partial charge in [-0.25, -0.2) is 0 Å². The second-order valence-electron chi connectivity index (χ2n) is 5.05. The summed E-state index contributed by atoms with van der Waals surface area (Å²) in [5.74, 6) is 0.538. The molecule has 1 aliphatic rings. The smallest absolute Gasteiger partial charge is 0.261 e. The third kappa shape index (κ3) is 2.60. The third-order valence-corrected chi connectivity index (χ3v) is 5.37. The molecule has 6 heteroatoms. The minimum atomic E-state index is -0.144. The van der Waals surface area contributed by atoms with E-state index >= 15 is 0 Å². The van der Waals surface area contributed by atoms with Crippen molar-refractivity contribution >= 4 is 28.8 Å². The highest BCUT2D eigenvalue weighted by molar-refractivity contribution is 7.17. The van der Waals surface area contributed by atoms with Gasteiger partial charge in [-0.1, -0.05) is 11.6 Å². The Morgan fingerprint density at radius 3 is 3.00 bits per heavy atom. The minimum absolute atomic E-state index is 0.0605. The minimum Gasteiger partial charge on any atom is -0.495 e. The molecule has 0 radical (unpaired) electrons. The Kier molecular flexibility index (Phi) is 4.38. The van der Waals surface area contributed by atoms with E-state index in [2.05, 4.69) is 5.32 Å². The van der Waals surface area contributed by atoms with Gasteiger partial charge < -0.3 is 15.2 Å². The zero-order valence-electron chi connectivity index (χ0n) is 12.1. The fourth-order valence-electron chi connectivity index (χ4n) is 2.69. The molecule has 0 saturated heterocycles. The van der Waals surface area contributed by atoms with Crippen molar-refractivity contribution in [2.75, 3.05) is 20.3 Å². The van der Waals surface area contributed by atoms with Crippen LogP contribution in [0.25, 0.3) is 10.4 Å². The van der Waals surface area contributed by atoms with Crippen LogP contribution in [0.1, 0.15) is 20.8 Å². The number of nitrogens with one attached hydrogen (secondary N) is 1. The fraction of sp³-hybridized carbons (Fsp3) is 0.312. The molecule has 3 rings (SSSR count). The summed E-state index contributed by atoms with van der Waals surface area (Å²) in [5.41, 5.74) is 3.34. The molecule has 0 spiro atoms. The molecule has 2 N–H and O–H groups in total. The number of hydrogen-bond acceptors (Lipinski definition) is 4. The van der Waals surface area contributed by atoms with E-state index in [1.807, 2.05) is 18.2 Å². The number of carbonyl (C=O) groups excluding carboxylic acids is 1. The molecular weight excluding hydrogens is 322 g/mol. The summed E-state index contributed by atoms with van der Waals surface area (Å²) in [6.07, 6.45) is 1.70. The van der Waals surface area contributed by atoms with Crippen LogP contribution in [0.4, 0.5) is 0 Å². The number of fused-ring (bicyclic) bond motifs is 3. The molecular formula is C16H16ClNO3S. The standard InChI is InChI=1S/C16H16ClNO3S/c1-21-12-5-4-11-10(14(12)17)3-2-9-8-13(22-15(9)11)16(20)18-6-7-19/h4-5,8,19H,2-3,6-7H2,1H3,(H,18,20). The van der Waals surface area contributed by atoms with Gasteiger partial charge in [-0.05, 0) is 47.7 Å². The van der Waals surface area contributed by atoms with Crippen LogP contribution in [-0.4, -0.2) is 31.3 Å². The summed E-state index contributed by atoms with van der Waals surface area (Å²) in [7, 11) is 1.61. The molecule has 0 bridgehead atoms. The van der Waals surface area contributed by atoms with Crippen LogP contribution in [0.2, 0.25) is 5.02 Å². The predicted molar refractivity (Wildman–Crippen MR) is 88.1 cm³/mol. The molecule has 1 aromatic carbocycles. The highest BCUT2D eigenvalue weighted by Gasteiger charge is 2.24. The molecule has 1 heterocycles. The molecule has 2 aromatic rings. The van der Waals surface area contributed by atoms with Gasteiger partial charge in [0.1, 0.15) is 5.75 Å². The van der Waals surface area contributed by atoms with Crippen LogP contribution in [0.15, 0.2) is 18.2 Å². The number of carbonyl (C=O) groups is 1. The van der Waals surface area contributed by atoms with E-state index in [1.54, 1.807) is 7.11 Å². The highest BCUT2D eigenvalue weighted by atomic mass is 35.5. The summed E-state index contributed by atoms with van der Waals surface area (Å²) in [5, 5.41) is 12.1. The summed E-state index contributed by atoms with van der Waals surface area (Å²) in [4.78, 5) is 13.8. The molecule has 0 atom stereocenters. The maximum absolute atomic E-state index is 12.0. The van der Waals surface area contributed by atoms with Crippen LogP contribution >= 0.6 is 22.9 Å². The van der Waals surface area contributed by atoms with E-state index in [0.29, 0.717) is 15.6 Å². The third-order valence-electron chi connectivity index (χ3n) is 3.75. The van der Waals surface area contributed by atoms with Gasteiger partial charge in [0.25, 0.3) is 5.91 Å². The average molecular weight is 338 g/mol. The summed E-state index contributed by atoms with van der Waals surface area (Å²) < 4.78 is 5.27. The average Bonchev–Trinajstić information content (AvgIpc) is 2.97. The molecule has 1 aromatic heterocycles. The monoisotopic (exact) mass is 337 g/mol. The number of rotatable bonds is 4. The first-order valence-electron chi connectivity index (χ1n) is 7.03. The molecule has 0 aliphatic heterocycles. The van der Waals surface area contributed by atoms with Gasteiger partial charge in [-0.2, -0.15) is 0 Å². The van der Waals surface area contributed by atoms with Crippen LogP contribution in [0.5, 0.6) is 5.75 Å². The first-order chi connectivity index (χ1) is 10.7. The van der Waals surface area contributed by atoms with Crippen molar-refractivity contribution < 1.29 is 14.6 Å². The van der Waals surface area contributed by atoms with Gasteiger partial charge >= 0.3 is 0 Å². The number of thiophene rings is 1. The van der Waals surface area contributed by atoms with Crippen LogP contribution in [-0.2, 0) is 12.8 Å². The van der Waals surface area contributed by atoms with Crippen LogP contribution in [0.3, 0.4) is 0 Å². The number of ether oxygens (including phenoxy) is 1. The summed E-state index contributed by atoms with van der Waals surface area (Å²) >= 11 is 7.87. The lowest BCUT2D eigenvalue weighted by Crippen LogP contribution is -2.25. The van der Waals surface area contributed by atoms with Crippen molar-refractivity contribution in [2.45, 2.75) is 12.8 Å². The molecule has 0 saturated carbocycles. The van der Waals surface area contributed by atoms with Gasteiger partial charge in [-0.15, -0.1) is 11.3 Å². The zero-order chi connectivity index (χ0) is 15.7. The summed E-state index contributed by atoms with van der Waals surface area (Å²) in [6, 6.07) is 5.80. The lowest BCUT2D eigenvalue weighted by atomic mass is 9.91. The number of methoxy groups -OCH3 is 1. The van der Waals surface area contributed by atoms with Crippen molar-refractivity contribution in [3.05, 3.63) is 39.2 Å². The van der Waals surface area contributed by atoms with Gasteiger partial charge in [0.15, 0.2) is 0 Å². The molecule has 4 nitrogen and oxygen atoms in total. The molecule has 0 fully saturated rings. The van der Waals surface area contributed by atoms with Crippen molar-refractivity contribution in [2.24, 2.45) is 0 Å². The lowest BCUT2D eigenvalue weighted by molar-refractivity contribution is 0.0949. The highest BCUT2D eigenvalue weighted by Crippen LogP contribution is 2.44. The maximum atomic E-state index is 12.0. The van der Waals surface area contributed by atoms with Crippen molar-refractivity contribution in [1.29, 1.82) is 0 Å². The Bertz CT molecular complexity index is 726. The Labute approximate surface area is 137 Å². The van der Waals surface area contributed by atoms with Gasteiger partial charge in [0.05, 0.1) is 23.6 Å².